The highest BCUT2D eigenvalue weighted by atomic mass is 16.3. The summed E-state index contributed by atoms with van der Waals surface area (Å²) in [6, 6.07) is 11.1. The molecular weight excluding hydrogens is 294 g/mol. The first-order chi connectivity index (χ1) is 11.2. The molecule has 1 aromatic carbocycles. The van der Waals surface area contributed by atoms with E-state index in [1.54, 1.807) is 18.5 Å². The van der Waals surface area contributed by atoms with Crippen molar-refractivity contribution in [2.24, 2.45) is 5.73 Å². The average molecular weight is 309 g/mol. The van der Waals surface area contributed by atoms with E-state index in [0.29, 0.717) is 11.6 Å². The molecule has 116 valence electrons. The maximum Gasteiger partial charge on any atom is 0.252 e. The number of amides is 1. The van der Waals surface area contributed by atoms with Crippen LogP contribution in [0.3, 0.4) is 0 Å². The predicted octanol–water partition coefficient (Wildman–Crippen LogP) is 0.885. The Hall–Kier alpha value is -3.06. The van der Waals surface area contributed by atoms with Crippen molar-refractivity contribution in [3.8, 4) is 5.95 Å². The first-order valence-electron chi connectivity index (χ1n) is 7.03. The molecule has 3 aromatic rings. The Morgan fingerprint density at radius 3 is 2.65 bits per heavy atom. The minimum atomic E-state index is -0.638. The zero-order valence-electron chi connectivity index (χ0n) is 12.2. The van der Waals surface area contributed by atoms with Crippen molar-refractivity contribution in [2.75, 3.05) is 6.61 Å². The van der Waals surface area contributed by atoms with Crippen molar-refractivity contribution in [1.82, 2.24) is 19.7 Å². The van der Waals surface area contributed by atoms with Crippen LogP contribution in [0.25, 0.3) is 5.95 Å². The lowest BCUT2D eigenvalue weighted by molar-refractivity contribution is 0.0998. The molecule has 0 spiro atoms. The largest absolute Gasteiger partial charge is 0.395 e. The Morgan fingerprint density at radius 1 is 1.26 bits per heavy atom. The van der Waals surface area contributed by atoms with Crippen LogP contribution in [0.5, 0.6) is 0 Å². The van der Waals surface area contributed by atoms with Crippen LogP contribution in [0.2, 0.25) is 0 Å². The molecule has 1 amide bonds. The zero-order chi connectivity index (χ0) is 16.2. The molecule has 0 radical (unpaired) electrons. The number of carbonyl (C=O) groups excluding carboxylic acids is 1. The van der Waals surface area contributed by atoms with Gasteiger partial charge in [0.1, 0.15) is 0 Å². The van der Waals surface area contributed by atoms with Gasteiger partial charge in [-0.15, -0.1) is 0 Å². The number of carbonyl (C=O) groups is 1. The average Bonchev–Trinajstić information content (AvgIpc) is 3.11. The van der Waals surface area contributed by atoms with E-state index in [-0.39, 0.29) is 12.2 Å². The van der Waals surface area contributed by atoms with E-state index in [2.05, 4.69) is 15.1 Å². The number of benzene rings is 1. The molecule has 0 aliphatic heterocycles. The number of hydrogen-bond donors (Lipinski definition) is 2. The second kappa shape index (κ2) is 6.37. The Balaban J connectivity index is 2.14. The van der Waals surface area contributed by atoms with E-state index in [9.17, 15) is 9.90 Å². The van der Waals surface area contributed by atoms with E-state index in [4.69, 9.17) is 5.73 Å². The van der Waals surface area contributed by atoms with Crippen molar-refractivity contribution < 1.29 is 9.90 Å². The summed E-state index contributed by atoms with van der Waals surface area (Å²) in [5.41, 5.74) is 6.83. The SMILES string of the molecule is NC(=O)c1cnc(-n2cccn2)nc1[C@@H](CO)c1ccccc1. The fraction of sp³-hybridized carbons (Fsp3) is 0.125. The first kappa shape index (κ1) is 14.9. The quantitative estimate of drug-likeness (QED) is 0.727. The van der Waals surface area contributed by atoms with E-state index in [0.717, 1.165) is 5.56 Å². The molecule has 2 heterocycles. The summed E-state index contributed by atoms with van der Waals surface area (Å²) in [4.78, 5) is 20.2. The van der Waals surface area contributed by atoms with Crippen molar-refractivity contribution in [1.29, 1.82) is 0 Å². The monoisotopic (exact) mass is 309 g/mol. The van der Waals surface area contributed by atoms with Gasteiger partial charge < -0.3 is 10.8 Å². The fourth-order valence-corrected chi connectivity index (χ4v) is 2.37. The molecule has 23 heavy (non-hydrogen) atoms. The zero-order valence-corrected chi connectivity index (χ0v) is 12.2. The Morgan fingerprint density at radius 2 is 2.04 bits per heavy atom. The first-order valence-corrected chi connectivity index (χ1v) is 7.03. The second-order valence-corrected chi connectivity index (χ2v) is 4.93. The molecule has 0 fully saturated rings. The van der Waals surface area contributed by atoms with Crippen LogP contribution in [0.4, 0.5) is 0 Å². The summed E-state index contributed by atoms with van der Waals surface area (Å²) in [7, 11) is 0. The normalized spacial score (nSPS) is 12.0. The van der Waals surface area contributed by atoms with Gasteiger partial charge in [-0.05, 0) is 11.6 Å². The molecule has 0 aliphatic carbocycles. The van der Waals surface area contributed by atoms with Crippen molar-refractivity contribution in [3.63, 3.8) is 0 Å². The minimum Gasteiger partial charge on any atom is -0.395 e. The summed E-state index contributed by atoms with van der Waals surface area (Å²) < 4.78 is 1.48. The number of nitrogens with zero attached hydrogens (tertiary/aromatic N) is 4. The smallest absolute Gasteiger partial charge is 0.252 e. The summed E-state index contributed by atoms with van der Waals surface area (Å²) in [6.07, 6.45) is 4.67. The van der Waals surface area contributed by atoms with Gasteiger partial charge >= 0.3 is 0 Å². The van der Waals surface area contributed by atoms with Gasteiger partial charge in [0.05, 0.1) is 23.8 Å². The lowest BCUT2D eigenvalue weighted by Crippen LogP contribution is -2.21. The highest BCUT2D eigenvalue weighted by Gasteiger charge is 2.22. The van der Waals surface area contributed by atoms with Crippen molar-refractivity contribution in [3.05, 3.63) is 71.8 Å². The molecule has 0 unspecified atom stereocenters. The van der Waals surface area contributed by atoms with Gasteiger partial charge in [0.25, 0.3) is 11.9 Å². The molecule has 2 aromatic heterocycles. The minimum absolute atomic E-state index is 0.184. The Bertz CT molecular complexity index is 803. The van der Waals surface area contributed by atoms with Gasteiger partial charge in [-0.2, -0.15) is 5.10 Å². The topological polar surface area (TPSA) is 107 Å². The van der Waals surface area contributed by atoms with E-state index in [1.807, 2.05) is 30.3 Å². The van der Waals surface area contributed by atoms with Gasteiger partial charge in [-0.3, -0.25) is 4.79 Å². The summed E-state index contributed by atoms with van der Waals surface area (Å²) in [6.45, 7) is -0.208. The summed E-state index contributed by atoms with van der Waals surface area (Å²) >= 11 is 0. The Kier molecular flexibility index (Phi) is 4.11. The number of nitrogens with two attached hydrogens (primary N) is 1. The van der Waals surface area contributed by atoms with Crippen molar-refractivity contribution in [2.45, 2.75) is 5.92 Å². The molecule has 0 saturated heterocycles. The summed E-state index contributed by atoms with van der Waals surface area (Å²) in [5, 5.41) is 13.9. The van der Waals surface area contributed by atoms with Crippen LogP contribution in [-0.4, -0.2) is 37.4 Å². The predicted molar refractivity (Wildman–Crippen MR) is 83.0 cm³/mol. The number of aliphatic hydroxyl groups is 1. The van der Waals surface area contributed by atoms with E-state index < -0.39 is 11.8 Å². The molecule has 3 rings (SSSR count). The third-order valence-corrected chi connectivity index (χ3v) is 3.49. The van der Waals surface area contributed by atoms with Gasteiger partial charge in [-0.25, -0.2) is 14.6 Å². The molecule has 3 N–H and O–H groups in total. The van der Waals surface area contributed by atoms with Gasteiger partial charge in [-0.1, -0.05) is 30.3 Å². The third kappa shape index (κ3) is 2.95. The molecule has 0 saturated carbocycles. The molecule has 7 heteroatoms. The van der Waals surface area contributed by atoms with Crippen LogP contribution in [-0.2, 0) is 0 Å². The van der Waals surface area contributed by atoms with Crippen LogP contribution in [0.15, 0.2) is 55.0 Å². The fourth-order valence-electron chi connectivity index (χ4n) is 2.37. The van der Waals surface area contributed by atoms with Crippen LogP contribution < -0.4 is 5.73 Å². The highest BCUT2D eigenvalue weighted by Crippen LogP contribution is 2.25. The maximum absolute atomic E-state index is 11.7. The number of aromatic nitrogens is 4. The highest BCUT2D eigenvalue weighted by molar-refractivity contribution is 5.94. The molecular formula is C16H15N5O2. The van der Waals surface area contributed by atoms with E-state index in [1.165, 1.54) is 10.9 Å². The Labute approximate surface area is 132 Å². The second-order valence-electron chi connectivity index (χ2n) is 4.93. The standard InChI is InChI=1S/C16H15N5O2/c17-15(23)12-9-18-16(21-8-4-7-19-21)20-14(12)13(10-22)11-5-2-1-3-6-11/h1-9,13,22H,10H2,(H2,17,23)/t13-/m0/s1. The van der Waals surface area contributed by atoms with Gasteiger partial charge in [0.15, 0.2) is 0 Å². The number of primary amides is 1. The van der Waals surface area contributed by atoms with E-state index >= 15 is 0 Å². The third-order valence-electron chi connectivity index (χ3n) is 3.49. The lowest BCUT2D eigenvalue weighted by Gasteiger charge is -2.17. The van der Waals surface area contributed by atoms with Crippen LogP contribution >= 0.6 is 0 Å². The molecule has 0 aliphatic rings. The molecule has 0 bridgehead atoms. The number of rotatable bonds is 5. The van der Waals surface area contributed by atoms with Gasteiger partial charge in [0.2, 0.25) is 0 Å². The van der Waals surface area contributed by atoms with Gasteiger partial charge in [0, 0.05) is 18.6 Å². The van der Waals surface area contributed by atoms with Crippen LogP contribution in [0, 0.1) is 0 Å². The molecule has 7 nitrogen and oxygen atoms in total. The maximum atomic E-state index is 11.7. The summed E-state index contributed by atoms with van der Waals surface area (Å²) in [5.74, 6) is -0.804. The van der Waals surface area contributed by atoms with Crippen molar-refractivity contribution >= 4 is 5.91 Å². The van der Waals surface area contributed by atoms with Crippen LogP contribution in [0.1, 0.15) is 27.5 Å². The molecule has 1 atom stereocenters. The number of aliphatic hydroxyl groups excluding tert-OH is 1. The number of hydrogen-bond acceptors (Lipinski definition) is 5. The lowest BCUT2D eigenvalue weighted by atomic mass is 9.93.